The van der Waals surface area contributed by atoms with E-state index in [1.54, 1.807) is 0 Å². The Morgan fingerprint density at radius 2 is 1.82 bits per heavy atom. The van der Waals surface area contributed by atoms with Gasteiger partial charge in [0.25, 0.3) is 10.1 Å². The second-order valence-corrected chi connectivity index (χ2v) is 11.4. The molecule has 0 spiro atoms. The number of aromatic nitrogens is 5. The van der Waals surface area contributed by atoms with Crippen molar-refractivity contribution in [3.8, 4) is 22.6 Å². The van der Waals surface area contributed by atoms with Gasteiger partial charge in [-0.3, -0.25) is 4.57 Å². The third kappa shape index (κ3) is 4.69. The monoisotopic (exact) mass is 480 g/mol. The molecule has 34 heavy (non-hydrogen) atoms. The maximum absolute atomic E-state index is 11.5. The molecule has 1 aliphatic carbocycles. The quantitative estimate of drug-likeness (QED) is 0.374. The molecule has 178 valence electrons. The fourth-order valence-electron chi connectivity index (χ4n) is 3.78. The van der Waals surface area contributed by atoms with Crippen molar-refractivity contribution in [3.05, 3.63) is 48.3 Å². The van der Waals surface area contributed by atoms with Gasteiger partial charge in [0.05, 0.1) is 23.3 Å². The molecule has 0 atom stereocenters. The number of nitrogens with one attached hydrogen (secondary N) is 2. The zero-order valence-corrected chi connectivity index (χ0v) is 20.5. The minimum Gasteiger partial charge on any atom is -0.340 e. The molecule has 0 amide bonds. The SMILES string of the molecule is CC(C)(C)c1nc(-c2ccccc2)c(-c2ccc3nc(NOS(C)(=O)=O)n(CC4CC4)c3n2)[nH]1. The number of benzene rings is 1. The lowest BCUT2D eigenvalue weighted by molar-refractivity contribution is 0.387. The first-order valence-corrected chi connectivity index (χ1v) is 13.1. The Kier molecular flexibility index (Phi) is 5.44. The Bertz CT molecular complexity index is 1450. The maximum atomic E-state index is 11.5. The number of anilines is 1. The molecule has 0 saturated heterocycles. The van der Waals surface area contributed by atoms with E-state index in [4.69, 9.17) is 14.3 Å². The van der Waals surface area contributed by atoms with Gasteiger partial charge in [0.2, 0.25) is 5.95 Å². The number of hydrogen-bond acceptors (Lipinski definition) is 7. The predicted molar refractivity (Wildman–Crippen MR) is 132 cm³/mol. The third-order valence-corrected chi connectivity index (χ3v) is 6.12. The van der Waals surface area contributed by atoms with Gasteiger partial charge in [0.1, 0.15) is 11.3 Å². The normalized spacial score (nSPS) is 14.6. The van der Waals surface area contributed by atoms with Gasteiger partial charge in [0, 0.05) is 17.5 Å². The van der Waals surface area contributed by atoms with Crippen LogP contribution in [0.15, 0.2) is 42.5 Å². The van der Waals surface area contributed by atoms with E-state index in [2.05, 4.69) is 36.2 Å². The van der Waals surface area contributed by atoms with Crippen molar-refractivity contribution >= 4 is 27.2 Å². The molecule has 3 aromatic heterocycles. The Balaban J connectivity index is 1.64. The van der Waals surface area contributed by atoms with E-state index in [9.17, 15) is 8.42 Å². The molecule has 10 heteroatoms. The van der Waals surface area contributed by atoms with Crippen molar-refractivity contribution in [2.24, 2.45) is 5.92 Å². The summed E-state index contributed by atoms with van der Waals surface area (Å²) in [5.74, 6) is 1.71. The third-order valence-electron chi connectivity index (χ3n) is 5.73. The number of imidazole rings is 2. The second kappa shape index (κ2) is 8.21. The zero-order valence-electron chi connectivity index (χ0n) is 19.7. The van der Waals surface area contributed by atoms with Crippen LogP contribution in [0.1, 0.15) is 39.4 Å². The van der Waals surface area contributed by atoms with Crippen LogP contribution in [0.2, 0.25) is 0 Å². The first-order valence-electron chi connectivity index (χ1n) is 11.3. The molecule has 1 saturated carbocycles. The first-order chi connectivity index (χ1) is 16.1. The van der Waals surface area contributed by atoms with Crippen LogP contribution in [0.3, 0.4) is 0 Å². The van der Waals surface area contributed by atoms with Crippen molar-refractivity contribution in [2.75, 3.05) is 11.7 Å². The molecule has 5 rings (SSSR count). The number of rotatable bonds is 7. The number of pyridine rings is 1. The maximum Gasteiger partial charge on any atom is 0.285 e. The van der Waals surface area contributed by atoms with E-state index in [1.807, 2.05) is 47.0 Å². The predicted octanol–water partition coefficient (Wildman–Crippen LogP) is 4.50. The van der Waals surface area contributed by atoms with Gasteiger partial charge in [0.15, 0.2) is 5.65 Å². The van der Waals surface area contributed by atoms with Gasteiger partial charge in [-0.15, -0.1) is 4.28 Å². The Hall–Kier alpha value is -3.24. The highest BCUT2D eigenvalue weighted by molar-refractivity contribution is 7.86. The largest absolute Gasteiger partial charge is 0.340 e. The average Bonchev–Trinajstić information content (AvgIpc) is 3.36. The van der Waals surface area contributed by atoms with E-state index < -0.39 is 10.1 Å². The highest BCUT2D eigenvalue weighted by Crippen LogP contribution is 2.36. The average molecular weight is 481 g/mol. The van der Waals surface area contributed by atoms with Crippen molar-refractivity contribution < 1.29 is 12.7 Å². The first kappa shape index (κ1) is 22.5. The number of H-pyrrole nitrogens is 1. The van der Waals surface area contributed by atoms with Crippen LogP contribution in [0.4, 0.5) is 5.95 Å². The van der Waals surface area contributed by atoms with Gasteiger partial charge in [-0.2, -0.15) is 8.42 Å². The van der Waals surface area contributed by atoms with Gasteiger partial charge in [-0.1, -0.05) is 51.1 Å². The van der Waals surface area contributed by atoms with Gasteiger partial charge >= 0.3 is 0 Å². The molecular weight excluding hydrogens is 452 g/mol. The fraction of sp³-hybridized carbons (Fsp3) is 0.375. The molecule has 0 aliphatic heterocycles. The molecule has 1 aromatic carbocycles. The Morgan fingerprint density at radius 1 is 1.09 bits per heavy atom. The van der Waals surface area contributed by atoms with Crippen LogP contribution < -0.4 is 5.48 Å². The highest BCUT2D eigenvalue weighted by Gasteiger charge is 2.27. The fourth-order valence-corrected chi connectivity index (χ4v) is 4.01. The lowest BCUT2D eigenvalue weighted by Crippen LogP contribution is -2.14. The topological polar surface area (TPSA) is 115 Å². The molecular formula is C24H28N6O3S. The minimum absolute atomic E-state index is 0.167. The summed E-state index contributed by atoms with van der Waals surface area (Å²) < 4.78 is 29.7. The smallest absolute Gasteiger partial charge is 0.285 e. The Labute approximate surface area is 198 Å². The summed E-state index contributed by atoms with van der Waals surface area (Å²) in [6.45, 7) is 7.03. The number of nitrogens with zero attached hydrogens (tertiary/aromatic N) is 4. The standard InChI is InChI=1S/C24H28N6O3S/c1-24(2,3)22-27-19(16-8-6-5-7-9-16)20(28-22)17-12-13-18-21(25-17)30(14-15-10-11-15)23(26-18)29-33-34(4,31)32/h5-9,12-13,15H,10-11,14H2,1-4H3,(H,26,29)(H,27,28). The van der Waals surface area contributed by atoms with Crippen LogP contribution in [0, 0.1) is 5.92 Å². The molecule has 4 aromatic rings. The molecule has 0 radical (unpaired) electrons. The molecule has 0 unspecified atom stereocenters. The number of aromatic amines is 1. The summed E-state index contributed by atoms with van der Waals surface area (Å²) in [6.07, 6.45) is 3.24. The lowest BCUT2D eigenvalue weighted by Gasteiger charge is -2.14. The lowest BCUT2D eigenvalue weighted by atomic mass is 9.96. The van der Waals surface area contributed by atoms with E-state index in [-0.39, 0.29) is 5.41 Å². The van der Waals surface area contributed by atoms with E-state index in [1.165, 1.54) is 0 Å². The van der Waals surface area contributed by atoms with E-state index in [0.29, 0.717) is 29.6 Å². The molecule has 1 fully saturated rings. The van der Waals surface area contributed by atoms with Crippen molar-refractivity contribution in [1.82, 2.24) is 24.5 Å². The van der Waals surface area contributed by atoms with Gasteiger partial charge in [-0.05, 0) is 30.9 Å². The summed E-state index contributed by atoms with van der Waals surface area (Å²) in [4.78, 5) is 17.9. The molecule has 9 nitrogen and oxygen atoms in total. The van der Waals surface area contributed by atoms with Crippen LogP contribution >= 0.6 is 0 Å². The van der Waals surface area contributed by atoms with Gasteiger partial charge < -0.3 is 4.98 Å². The zero-order chi connectivity index (χ0) is 24.1. The molecule has 3 heterocycles. The molecule has 0 bridgehead atoms. The van der Waals surface area contributed by atoms with Crippen LogP contribution in [-0.4, -0.2) is 39.2 Å². The van der Waals surface area contributed by atoms with Crippen LogP contribution in [0.25, 0.3) is 33.8 Å². The van der Waals surface area contributed by atoms with Crippen LogP contribution in [-0.2, 0) is 26.4 Å². The second-order valence-electron chi connectivity index (χ2n) is 9.84. The number of fused-ring (bicyclic) bond motifs is 1. The summed E-state index contributed by atoms with van der Waals surface area (Å²) in [5, 5.41) is 0. The molecule has 1 aliphatic rings. The summed E-state index contributed by atoms with van der Waals surface area (Å²) in [6, 6.07) is 13.8. The highest BCUT2D eigenvalue weighted by atomic mass is 32.2. The summed E-state index contributed by atoms with van der Waals surface area (Å²) in [5.41, 5.74) is 7.06. The number of hydrogen-bond donors (Lipinski definition) is 2. The summed E-state index contributed by atoms with van der Waals surface area (Å²) in [7, 11) is -3.69. The van der Waals surface area contributed by atoms with Crippen molar-refractivity contribution in [2.45, 2.75) is 45.6 Å². The Morgan fingerprint density at radius 3 is 2.47 bits per heavy atom. The van der Waals surface area contributed by atoms with E-state index >= 15 is 0 Å². The minimum atomic E-state index is -3.69. The van der Waals surface area contributed by atoms with Crippen LogP contribution in [0.5, 0.6) is 0 Å². The van der Waals surface area contributed by atoms with E-state index in [0.717, 1.165) is 47.6 Å². The summed E-state index contributed by atoms with van der Waals surface area (Å²) >= 11 is 0. The molecule has 2 N–H and O–H groups in total. The van der Waals surface area contributed by atoms with Crippen molar-refractivity contribution in [1.29, 1.82) is 0 Å². The van der Waals surface area contributed by atoms with Gasteiger partial charge in [-0.25, -0.2) is 20.4 Å². The van der Waals surface area contributed by atoms with Crippen molar-refractivity contribution in [3.63, 3.8) is 0 Å².